The predicted molar refractivity (Wildman–Crippen MR) is 133 cm³/mol. The Hall–Kier alpha value is -3.23. The Morgan fingerprint density at radius 3 is 2.69 bits per heavy atom. The molecule has 4 atom stereocenters. The van der Waals surface area contributed by atoms with E-state index in [0.29, 0.717) is 31.1 Å². The van der Waals surface area contributed by atoms with Crippen LogP contribution in [0.2, 0.25) is 6.32 Å². The van der Waals surface area contributed by atoms with Crippen LogP contribution in [-0.2, 0) is 14.2 Å². The zero-order valence-corrected chi connectivity index (χ0v) is 19.9. The van der Waals surface area contributed by atoms with Crippen molar-refractivity contribution in [1.29, 1.82) is 0 Å². The SMILES string of the molecule is CC1=C2[C@@H](CC/C(=C/c3ccccc3O)c3ccccn3)OB(O)C[C@@H]2[C@@H]2C(=O)N(C)C(=O)[C@@H]2C1. The minimum atomic E-state index is -0.991. The second kappa shape index (κ2) is 9.43. The Balaban J connectivity index is 1.45. The molecule has 0 unspecified atom stereocenters. The molecule has 3 heterocycles. The zero-order chi connectivity index (χ0) is 24.7. The van der Waals surface area contributed by atoms with E-state index < -0.39 is 13.0 Å². The van der Waals surface area contributed by atoms with Crippen molar-refractivity contribution in [1.82, 2.24) is 9.88 Å². The van der Waals surface area contributed by atoms with E-state index >= 15 is 0 Å². The summed E-state index contributed by atoms with van der Waals surface area (Å²) in [6, 6.07) is 12.9. The number of fused-ring (bicyclic) bond motifs is 3. The molecule has 35 heavy (non-hydrogen) atoms. The summed E-state index contributed by atoms with van der Waals surface area (Å²) in [5.41, 5.74) is 4.57. The molecular weight excluding hydrogens is 443 g/mol. The van der Waals surface area contributed by atoms with E-state index in [1.54, 1.807) is 25.4 Å². The van der Waals surface area contributed by atoms with Gasteiger partial charge in [0.1, 0.15) is 5.75 Å². The number of carbonyl (C=O) groups is 2. The fourth-order valence-corrected chi connectivity index (χ4v) is 5.99. The van der Waals surface area contributed by atoms with Crippen molar-refractivity contribution in [3.05, 3.63) is 71.1 Å². The molecular formula is C27H29BN2O5. The highest BCUT2D eigenvalue weighted by Crippen LogP contribution is 2.50. The number of hydrogen-bond acceptors (Lipinski definition) is 6. The number of para-hydroxylation sites is 1. The molecule has 2 aliphatic heterocycles. The fourth-order valence-electron chi connectivity index (χ4n) is 5.99. The maximum Gasteiger partial charge on any atom is 0.455 e. The third-order valence-corrected chi connectivity index (χ3v) is 7.61. The fraction of sp³-hybridized carbons (Fsp3) is 0.370. The first-order valence-electron chi connectivity index (χ1n) is 12.1. The number of hydrogen-bond donors (Lipinski definition) is 2. The summed E-state index contributed by atoms with van der Waals surface area (Å²) < 4.78 is 6.01. The van der Waals surface area contributed by atoms with Gasteiger partial charge >= 0.3 is 7.12 Å². The number of aromatic hydroxyl groups is 1. The molecule has 0 radical (unpaired) electrons. The first-order valence-corrected chi connectivity index (χ1v) is 12.1. The van der Waals surface area contributed by atoms with E-state index in [9.17, 15) is 19.7 Å². The van der Waals surface area contributed by atoms with Crippen LogP contribution in [0, 0.1) is 17.8 Å². The van der Waals surface area contributed by atoms with Crippen LogP contribution in [-0.4, -0.2) is 52.1 Å². The number of imide groups is 1. The minimum absolute atomic E-state index is 0.126. The lowest BCUT2D eigenvalue weighted by atomic mass is 9.58. The molecule has 8 heteroatoms. The number of amides is 2. The number of rotatable bonds is 5. The second-order valence-corrected chi connectivity index (χ2v) is 9.71. The number of phenols is 1. The molecule has 180 valence electrons. The van der Waals surface area contributed by atoms with E-state index in [4.69, 9.17) is 4.65 Å². The van der Waals surface area contributed by atoms with Gasteiger partial charge in [0.2, 0.25) is 11.8 Å². The van der Waals surface area contributed by atoms with Crippen molar-refractivity contribution in [3.63, 3.8) is 0 Å². The van der Waals surface area contributed by atoms with Crippen LogP contribution in [0.1, 0.15) is 37.4 Å². The van der Waals surface area contributed by atoms with Gasteiger partial charge in [0.25, 0.3) is 0 Å². The van der Waals surface area contributed by atoms with Crippen molar-refractivity contribution >= 4 is 30.6 Å². The van der Waals surface area contributed by atoms with Crippen LogP contribution in [0.5, 0.6) is 5.75 Å². The molecule has 1 aliphatic carbocycles. The summed E-state index contributed by atoms with van der Waals surface area (Å²) in [6.45, 7) is 2.01. The third-order valence-electron chi connectivity index (χ3n) is 7.61. The normalized spacial score (nSPS) is 26.8. The molecule has 3 aliphatic rings. The van der Waals surface area contributed by atoms with Gasteiger partial charge in [-0.3, -0.25) is 19.5 Å². The maximum atomic E-state index is 12.9. The summed E-state index contributed by atoms with van der Waals surface area (Å²) in [6.07, 6.45) is 5.33. The lowest BCUT2D eigenvalue weighted by Crippen LogP contribution is -2.45. The van der Waals surface area contributed by atoms with Crippen LogP contribution < -0.4 is 0 Å². The van der Waals surface area contributed by atoms with Crippen LogP contribution >= 0.6 is 0 Å². The van der Waals surface area contributed by atoms with Crippen molar-refractivity contribution < 1.29 is 24.4 Å². The van der Waals surface area contributed by atoms with Gasteiger partial charge in [-0.2, -0.15) is 0 Å². The third kappa shape index (κ3) is 4.32. The first kappa shape index (κ1) is 23.5. The highest BCUT2D eigenvalue weighted by molar-refractivity contribution is 6.43. The molecule has 1 aromatic carbocycles. The standard InChI is InChI=1S/C27H29BN2O5/c1-16-13-19-25(27(33)30(2)26(19)32)20-15-28(34)35-23(24(16)20)11-10-17(21-8-5-6-12-29-21)14-18-7-3-4-9-22(18)31/h3-9,12,14,19-20,23,25,31,34H,10-11,13,15H2,1-2H3/b17-14-/t19-,20+,23-,25-/m1/s1. The van der Waals surface area contributed by atoms with Crippen LogP contribution in [0.25, 0.3) is 11.6 Å². The highest BCUT2D eigenvalue weighted by Gasteiger charge is 2.55. The predicted octanol–water partition coefficient (Wildman–Crippen LogP) is 3.55. The van der Waals surface area contributed by atoms with E-state index in [2.05, 4.69) is 4.98 Å². The smallest absolute Gasteiger partial charge is 0.455 e. The Kier molecular flexibility index (Phi) is 6.34. The Labute approximate surface area is 205 Å². The number of pyridine rings is 1. The minimum Gasteiger partial charge on any atom is -0.507 e. The van der Waals surface area contributed by atoms with Gasteiger partial charge in [0.05, 0.1) is 23.6 Å². The quantitative estimate of drug-likeness (QED) is 0.392. The summed E-state index contributed by atoms with van der Waals surface area (Å²) >= 11 is 0. The van der Waals surface area contributed by atoms with Crippen LogP contribution in [0.3, 0.4) is 0 Å². The van der Waals surface area contributed by atoms with Gasteiger partial charge < -0.3 is 14.8 Å². The first-order chi connectivity index (χ1) is 16.8. The molecule has 2 amide bonds. The van der Waals surface area contributed by atoms with E-state index in [0.717, 1.165) is 22.4 Å². The van der Waals surface area contributed by atoms with Gasteiger partial charge in [-0.05, 0) is 73.8 Å². The topological polar surface area (TPSA) is 100.0 Å². The molecule has 2 fully saturated rings. The van der Waals surface area contributed by atoms with Gasteiger partial charge in [-0.15, -0.1) is 0 Å². The molecule has 7 nitrogen and oxygen atoms in total. The summed E-state index contributed by atoms with van der Waals surface area (Å²) in [7, 11) is 0.559. The van der Waals surface area contributed by atoms with Crippen LogP contribution in [0.4, 0.5) is 0 Å². The number of phenolic OH excluding ortho intramolecular Hbond substituents is 1. The molecule has 0 spiro atoms. The molecule has 0 saturated carbocycles. The molecule has 2 aromatic rings. The monoisotopic (exact) mass is 472 g/mol. The molecule has 2 saturated heterocycles. The largest absolute Gasteiger partial charge is 0.507 e. The van der Waals surface area contributed by atoms with Crippen molar-refractivity contribution in [2.45, 2.75) is 38.6 Å². The molecule has 1 aromatic heterocycles. The average Bonchev–Trinajstić information content (AvgIpc) is 3.06. The number of likely N-dealkylation sites (tertiary alicyclic amines) is 1. The van der Waals surface area contributed by atoms with Crippen molar-refractivity contribution in [2.75, 3.05) is 7.05 Å². The van der Waals surface area contributed by atoms with E-state index in [-0.39, 0.29) is 35.5 Å². The Morgan fingerprint density at radius 2 is 1.94 bits per heavy atom. The highest BCUT2D eigenvalue weighted by atomic mass is 16.5. The van der Waals surface area contributed by atoms with Crippen molar-refractivity contribution in [2.24, 2.45) is 17.8 Å². The number of benzene rings is 1. The average molecular weight is 472 g/mol. The molecule has 0 bridgehead atoms. The molecule has 5 rings (SSSR count). The number of allylic oxidation sites excluding steroid dienone is 2. The Bertz CT molecular complexity index is 1210. The lowest BCUT2D eigenvalue weighted by Gasteiger charge is -2.42. The maximum absolute atomic E-state index is 12.9. The van der Waals surface area contributed by atoms with Gasteiger partial charge in [0, 0.05) is 18.8 Å². The summed E-state index contributed by atoms with van der Waals surface area (Å²) in [4.78, 5) is 31.3. The number of nitrogens with zero attached hydrogens (tertiary/aromatic N) is 2. The Morgan fingerprint density at radius 1 is 1.17 bits per heavy atom. The second-order valence-electron chi connectivity index (χ2n) is 9.71. The number of carbonyl (C=O) groups excluding carboxylic acids is 2. The van der Waals surface area contributed by atoms with Gasteiger partial charge in [-0.25, -0.2) is 0 Å². The lowest BCUT2D eigenvalue weighted by molar-refractivity contribution is -0.138. The van der Waals surface area contributed by atoms with Gasteiger partial charge in [0.15, 0.2) is 0 Å². The van der Waals surface area contributed by atoms with E-state index in [1.165, 1.54) is 4.90 Å². The summed E-state index contributed by atoms with van der Waals surface area (Å²) in [5.74, 6) is -1.08. The zero-order valence-electron chi connectivity index (χ0n) is 19.9. The summed E-state index contributed by atoms with van der Waals surface area (Å²) in [5, 5.41) is 20.9. The van der Waals surface area contributed by atoms with E-state index in [1.807, 2.05) is 43.3 Å². The van der Waals surface area contributed by atoms with Crippen LogP contribution in [0.15, 0.2) is 59.8 Å². The number of aromatic nitrogens is 1. The molecule has 2 N–H and O–H groups in total. The van der Waals surface area contributed by atoms with Gasteiger partial charge in [-0.1, -0.05) is 29.8 Å². The van der Waals surface area contributed by atoms with Crippen molar-refractivity contribution in [3.8, 4) is 5.75 Å².